The zero-order valence-electron chi connectivity index (χ0n) is 15.9. The van der Waals surface area contributed by atoms with Crippen molar-refractivity contribution >= 4 is 11.7 Å². The highest BCUT2D eigenvalue weighted by molar-refractivity contribution is 5.78. The molecule has 0 spiro atoms. The molecule has 2 atom stereocenters. The van der Waals surface area contributed by atoms with Crippen molar-refractivity contribution in [2.24, 2.45) is 5.92 Å². The second-order valence-corrected chi connectivity index (χ2v) is 6.84. The Kier molecular flexibility index (Phi) is 6.26. The number of nitro benzene ring substituents is 1. The number of hydrogen-bond acceptors (Lipinski definition) is 6. The Balaban J connectivity index is 1.83. The molecule has 0 aliphatic carbocycles. The number of fused-ring (bicyclic) bond motifs is 1. The van der Waals surface area contributed by atoms with Crippen LogP contribution < -0.4 is 4.74 Å². The molecule has 3 rings (SSSR count). The molecule has 0 saturated carbocycles. The number of carbonyl (C=O) groups is 1. The molecule has 0 aromatic heterocycles. The van der Waals surface area contributed by atoms with E-state index in [-0.39, 0.29) is 37.6 Å². The lowest BCUT2D eigenvalue weighted by Crippen LogP contribution is -2.22. The van der Waals surface area contributed by atoms with E-state index in [0.29, 0.717) is 16.9 Å². The molecule has 2 aromatic rings. The number of nitro groups is 1. The first-order chi connectivity index (χ1) is 13.5. The van der Waals surface area contributed by atoms with Crippen LogP contribution >= 0.6 is 0 Å². The summed E-state index contributed by atoms with van der Waals surface area (Å²) in [4.78, 5) is 23.6. The Bertz CT molecular complexity index is 851. The van der Waals surface area contributed by atoms with Crippen molar-refractivity contribution in [2.75, 3.05) is 6.79 Å². The minimum Gasteiger partial charge on any atom is -0.467 e. The standard InChI is InChI=1S/C21H23NO6/c1-3-14(2)19(15-7-5-4-6-8-15)21(23)27-12-17-10-18(22(24)25)9-16-11-26-13-28-20(16)17/h4-10,14,19H,3,11-13H2,1-2H3. The number of rotatable bonds is 7. The summed E-state index contributed by atoms with van der Waals surface area (Å²) in [5.74, 6) is -0.166. The van der Waals surface area contributed by atoms with E-state index in [0.717, 1.165) is 12.0 Å². The number of esters is 1. The van der Waals surface area contributed by atoms with Crippen molar-refractivity contribution < 1.29 is 23.9 Å². The molecule has 1 aliphatic rings. The third-order valence-electron chi connectivity index (χ3n) is 4.98. The van der Waals surface area contributed by atoms with Gasteiger partial charge in [-0.2, -0.15) is 0 Å². The van der Waals surface area contributed by atoms with E-state index >= 15 is 0 Å². The van der Waals surface area contributed by atoms with Gasteiger partial charge in [-0.25, -0.2) is 0 Å². The molecule has 0 fully saturated rings. The summed E-state index contributed by atoms with van der Waals surface area (Å²) >= 11 is 0. The Morgan fingerprint density at radius 2 is 2.04 bits per heavy atom. The van der Waals surface area contributed by atoms with Crippen LogP contribution in [-0.4, -0.2) is 17.7 Å². The first kappa shape index (κ1) is 19.8. The summed E-state index contributed by atoms with van der Waals surface area (Å²) in [6, 6.07) is 12.3. The summed E-state index contributed by atoms with van der Waals surface area (Å²) in [6.45, 7) is 4.22. The van der Waals surface area contributed by atoms with E-state index in [1.54, 1.807) is 0 Å². The van der Waals surface area contributed by atoms with Gasteiger partial charge in [0.15, 0.2) is 6.79 Å². The van der Waals surface area contributed by atoms with Crippen LogP contribution in [0, 0.1) is 16.0 Å². The molecule has 1 heterocycles. The Labute approximate surface area is 163 Å². The van der Waals surface area contributed by atoms with Gasteiger partial charge < -0.3 is 14.2 Å². The van der Waals surface area contributed by atoms with Crippen LogP contribution in [-0.2, 0) is 27.5 Å². The van der Waals surface area contributed by atoms with Crippen molar-refractivity contribution in [1.82, 2.24) is 0 Å². The van der Waals surface area contributed by atoms with Gasteiger partial charge in [0.05, 0.1) is 17.4 Å². The highest BCUT2D eigenvalue weighted by Crippen LogP contribution is 2.34. The zero-order valence-corrected chi connectivity index (χ0v) is 15.9. The molecule has 0 radical (unpaired) electrons. The lowest BCUT2D eigenvalue weighted by molar-refractivity contribution is -0.385. The molecular formula is C21H23NO6. The first-order valence-electron chi connectivity index (χ1n) is 9.23. The number of nitrogens with zero attached hydrogens (tertiary/aromatic N) is 1. The fourth-order valence-electron chi connectivity index (χ4n) is 3.33. The SMILES string of the molecule is CCC(C)C(C(=O)OCc1cc([N+](=O)[O-])cc2c1OCOC2)c1ccccc1. The molecule has 0 saturated heterocycles. The second-order valence-electron chi connectivity index (χ2n) is 6.84. The van der Waals surface area contributed by atoms with Gasteiger partial charge in [-0.3, -0.25) is 14.9 Å². The lowest BCUT2D eigenvalue weighted by Gasteiger charge is -2.23. The van der Waals surface area contributed by atoms with Crippen molar-refractivity contribution in [3.8, 4) is 5.75 Å². The predicted molar refractivity (Wildman–Crippen MR) is 102 cm³/mol. The molecule has 1 aliphatic heterocycles. The molecule has 7 nitrogen and oxygen atoms in total. The summed E-state index contributed by atoms with van der Waals surface area (Å²) in [6.07, 6.45) is 0.821. The largest absolute Gasteiger partial charge is 0.467 e. The van der Waals surface area contributed by atoms with Gasteiger partial charge in [0.25, 0.3) is 5.69 Å². The van der Waals surface area contributed by atoms with E-state index in [1.165, 1.54) is 12.1 Å². The fourth-order valence-corrected chi connectivity index (χ4v) is 3.33. The molecule has 7 heteroatoms. The maximum atomic E-state index is 12.9. The van der Waals surface area contributed by atoms with E-state index in [9.17, 15) is 14.9 Å². The lowest BCUT2D eigenvalue weighted by atomic mass is 9.85. The number of benzene rings is 2. The van der Waals surface area contributed by atoms with Crippen LogP contribution in [0.5, 0.6) is 5.75 Å². The molecule has 2 unspecified atom stereocenters. The van der Waals surface area contributed by atoms with Gasteiger partial charge in [-0.1, -0.05) is 50.6 Å². The van der Waals surface area contributed by atoms with E-state index < -0.39 is 10.8 Å². The topological polar surface area (TPSA) is 87.9 Å². The van der Waals surface area contributed by atoms with Crippen LogP contribution in [0.4, 0.5) is 5.69 Å². The third kappa shape index (κ3) is 4.31. The van der Waals surface area contributed by atoms with Crippen LogP contribution in [0.25, 0.3) is 0 Å². The molecule has 28 heavy (non-hydrogen) atoms. The van der Waals surface area contributed by atoms with Crippen molar-refractivity contribution in [3.63, 3.8) is 0 Å². The molecule has 0 bridgehead atoms. The van der Waals surface area contributed by atoms with Crippen LogP contribution in [0.3, 0.4) is 0 Å². The van der Waals surface area contributed by atoms with Gasteiger partial charge >= 0.3 is 5.97 Å². The molecule has 0 N–H and O–H groups in total. The van der Waals surface area contributed by atoms with Gasteiger partial charge in [-0.15, -0.1) is 0 Å². The monoisotopic (exact) mass is 385 g/mol. The zero-order chi connectivity index (χ0) is 20.1. The van der Waals surface area contributed by atoms with Gasteiger partial charge in [0.2, 0.25) is 0 Å². The van der Waals surface area contributed by atoms with Gasteiger partial charge in [0, 0.05) is 23.3 Å². The maximum Gasteiger partial charge on any atom is 0.314 e. The summed E-state index contributed by atoms with van der Waals surface area (Å²) < 4.78 is 16.3. The van der Waals surface area contributed by atoms with Crippen LogP contribution in [0.15, 0.2) is 42.5 Å². The predicted octanol–water partition coefficient (Wildman–Crippen LogP) is 4.33. The van der Waals surface area contributed by atoms with E-state index in [2.05, 4.69) is 0 Å². The van der Waals surface area contributed by atoms with Gasteiger partial charge in [0.1, 0.15) is 12.4 Å². The normalized spacial score (nSPS) is 15.1. The van der Waals surface area contributed by atoms with E-state index in [4.69, 9.17) is 14.2 Å². The molecule has 0 amide bonds. The average Bonchev–Trinajstić information content (AvgIpc) is 2.72. The average molecular weight is 385 g/mol. The van der Waals surface area contributed by atoms with E-state index in [1.807, 2.05) is 44.2 Å². The summed E-state index contributed by atoms with van der Waals surface area (Å²) in [5, 5.41) is 11.2. The second kappa shape index (κ2) is 8.84. The molecule has 148 valence electrons. The van der Waals surface area contributed by atoms with Crippen LogP contribution in [0.1, 0.15) is 42.9 Å². The van der Waals surface area contributed by atoms with Crippen molar-refractivity contribution in [3.05, 3.63) is 69.3 Å². The fraction of sp³-hybridized carbons (Fsp3) is 0.381. The Hall–Kier alpha value is -2.93. The number of ether oxygens (including phenoxy) is 3. The smallest absolute Gasteiger partial charge is 0.314 e. The van der Waals surface area contributed by atoms with Crippen LogP contribution in [0.2, 0.25) is 0 Å². The van der Waals surface area contributed by atoms with Crippen molar-refractivity contribution in [1.29, 1.82) is 0 Å². The molecule has 2 aromatic carbocycles. The minimum atomic E-state index is -0.480. The summed E-state index contributed by atoms with van der Waals surface area (Å²) in [5.41, 5.74) is 1.86. The first-order valence-corrected chi connectivity index (χ1v) is 9.23. The highest BCUT2D eigenvalue weighted by atomic mass is 16.7. The van der Waals surface area contributed by atoms with Crippen molar-refractivity contribution in [2.45, 2.75) is 39.4 Å². The highest BCUT2D eigenvalue weighted by Gasteiger charge is 2.28. The summed E-state index contributed by atoms with van der Waals surface area (Å²) in [7, 11) is 0. The Morgan fingerprint density at radius 3 is 2.71 bits per heavy atom. The van der Waals surface area contributed by atoms with Gasteiger partial charge in [-0.05, 0) is 11.5 Å². The quantitative estimate of drug-likeness (QED) is 0.400. The third-order valence-corrected chi connectivity index (χ3v) is 4.98. The maximum absolute atomic E-state index is 12.9. The Morgan fingerprint density at radius 1 is 1.29 bits per heavy atom. The number of hydrogen-bond donors (Lipinski definition) is 0. The number of carbonyl (C=O) groups excluding carboxylic acids is 1. The number of non-ortho nitro benzene ring substituents is 1. The molecular weight excluding hydrogens is 362 g/mol. The minimum absolute atomic E-state index is 0.0608.